The van der Waals surface area contributed by atoms with Crippen molar-refractivity contribution in [1.82, 2.24) is 4.98 Å². The van der Waals surface area contributed by atoms with Crippen LogP contribution in [0.3, 0.4) is 0 Å². The van der Waals surface area contributed by atoms with E-state index in [1.165, 1.54) is 0 Å². The van der Waals surface area contributed by atoms with Crippen LogP contribution in [0.1, 0.15) is 25.5 Å². The number of rotatable bonds is 5. The standard InChI is InChI=1S/C11H18N2O/c1-3-5-10(8-12)14-11-6-4-7-13-9(11)2/h4,6-7,10H,3,5,8,12H2,1-2H3. The molecular formula is C11H18N2O. The zero-order valence-electron chi connectivity index (χ0n) is 8.86. The van der Waals surface area contributed by atoms with Gasteiger partial charge in [-0.05, 0) is 25.5 Å². The van der Waals surface area contributed by atoms with Crippen molar-refractivity contribution >= 4 is 0 Å². The van der Waals surface area contributed by atoms with Crippen LogP contribution in [-0.4, -0.2) is 17.6 Å². The molecule has 2 N–H and O–H groups in total. The summed E-state index contributed by atoms with van der Waals surface area (Å²) in [6.45, 7) is 4.62. The molecule has 1 heterocycles. The molecule has 1 rings (SSSR count). The minimum Gasteiger partial charge on any atom is -0.487 e. The van der Waals surface area contributed by atoms with E-state index < -0.39 is 0 Å². The third-order valence-corrected chi connectivity index (χ3v) is 2.13. The van der Waals surface area contributed by atoms with Crippen LogP contribution < -0.4 is 10.5 Å². The van der Waals surface area contributed by atoms with Crippen molar-refractivity contribution in [1.29, 1.82) is 0 Å². The van der Waals surface area contributed by atoms with E-state index in [9.17, 15) is 0 Å². The fourth-order valence-electron chi connectivity index (χ4n) is 1.32. The Bertz CT molecular complexity index is 276. The zero-order chi connectivity index (χ0) is 10.4. The molecule has 14 heavy (non-hydrogen) atoms. The van der Waals surface area contributed by atoms with Crippen molar-refractivity contribution in [2.24, 2.45) is 5.73 Å². The van der Waals surface area contributed by atoms with Crippen molar-refractivity contribution in [2.45, 2.75) is 32.8 Å². The lowest BCUT2D eigenvalue weighted by molar-refractivity contribution is 0.196. The average Bonchev–Trinajstić information content (AvgIpc) is 2.20. The van der Waals surface area contributed by atoms with Gasteiger partial charge in [0.05, 0.1) is 5.69 Å². The van der Waals surface area contributed by atoms with Crippen molar-refractivity contribution in [3.8, 4) is 5.75 Å². The van der Waals surface area contributed by atoms with Gasteiger partial charge >= 0.3 is 0 Å². The third kappa shape index (κ3) is 3.00. The lowest BCUT2D eigenvalue weighted by Gasteiger charge is -2.17. The van der Waals surface area contributed by atoms with Gasteiger partial charge < -0.3 is 10.5 Å². The number of pyridine rings is 1. The Hall–Kier alpha value is -1.09. The van der Waals surface area contributed by atoms with Gasteiger partial charge in [-0.15, -0.1) is 0 Å². The Balaban J connectivity index is 2.62. The summed E-state index contributed by atoms with van der Waals surface area (Å²) in [5.74, 6) is 0.844. The first kappa shape index (κ1) is 11.0. The molecule has 0 saturated heterocycles. The highest BCUT2D eigenvalue weighted by Gasteiger charge is 2.08. The Morgan fingerprint density at radius 3 is 2.93 bits per heavy atom. The van der Waals surface area contributed by atoms with Gasteiger partial charge in [-0.2, -0.15) is 0 Å². The SMILES string of the molecule is CCCC(CN)Oc1cccnc1C. The van der Waals surface area contributed by atoms with E-state index in [0.717, 1.165) is 24.3 Å². The molecule has 0 aromatic carbocycles. The van der Waals surface area contributed by atoms with Crippen LogP contribution in [0.2, 0.25) is 0 Å². The molecule has 0 aliphatic heterocycles. The number of aryl methyl sites for hydroxylation is 1. The first-order valence-electron chi connectivity index (χ1n) is 5.06. The van der Waals surface area contributed by atoms with Crippen LogP contribution >= 0.6 is 0 Å². The van der Waals surface area contributed by atoms with Crippen LogP contribution in [0.25, 0.3) is 0 Å². The largest absolute Gasteiger partial charge is 0.487 e. The summed E-state index contributed by atoms with van der Waals surface area (Å²) in [5.41, 5.74) is 6.53. The third-order valence-electron chi connectivity index (χ3n) is 2.13. The molecule has 3 nitrogen and oxygen atoms in total. The van der Waals surface area contributed by atoms with Crippen molar-refractivity contribution < 1.29 is 4.74 Å². The summed E-state index contributed by atoms with van der Waals surface area (Å²) in [4.78, 5) is 4.16. The van der Waals surface area contributed by atoms with E-state index in [1.807, 2.05) is 19.1 Å². The topological polar surface area (TPSA) is 48.1 Å². The number of nitrogens with zero attached hydrogens (tertiary/aromatic N) is 1. The highest BCUT2D eigenvalue weighted by Crippen LogP contribution is 2.16. The molecule has 0 radical (unpaired) electrons. The first-order valence-corrected chi connectivity index (χ1v) is 5.06. The van der Waals surface area contributed by atoms with E-state index in [2.05, 4.69) is 11.9 Å². The average molecular weight is 194 g/mol. The Morgan fingerprint density at radius 1 is 1.57 bits per heavy atom. The monoisotopic (exact) mass is 194 g/mol. The second-order valence-corrected chi connectivity index (χ2v) is 3.35. The van der Waals surface area contributed by atoms with Crippen LogP contribution in [0.5, 0.6) is 5.75 Å². The second kappa shape index (κ2) is 5.60. The molecule has 3 heteroatoms. The lowest BCUT2D eigenvalue weighted by atomic mass is 10.2. The minimum absolute atomic E-state index is 0.114. The normalized spacial score (nSPS) is 12.5. The van der Waals surface area contributed by atoms with Crippen LogP contribution in [0, 0.1) is 6.92 Å². The molecule has 0 spiro atoms. The van der Waals surface area contributed by atoms with Gasteiger partial charge in [0.2, 0.25) is 0 Å². The van der Waals surface area contributed by atoms with Gasteiger partial charge in [0.1, 0.15) is 11.9 Å². The molecular weight excluding hydrogens is 176 g/mol. The number of ether oxygens (including phenoxy) is 1. The maximum atomic E-state index is 5.75. The maximum Gasteiger partial charge on any atom is 0.140 e. The van der Waals surface area contributed by atoms with Crippen molar-refractivity contribution in [3.63, 3.8) is 0 Å². The number of nitrogens with two attached hydrogens (primary N) is 1. The van der Waals surface area contributed by atoms with Crippen molar-refractivity contribution in [3.05, 3.63) is 24.0 Å². The van der Waals surface area contributed by atoms with Crippen LogP contribution in [0.15, 0.2) is 18.3 Å². The van der Waals surface area contributed by atoms with E-state index in [0.29, 0.717) is 6.54 Å². The molecule has 0 fully saturated rings. The number of aromatic nitrogens is 1. The van der Waals surface area contributed by atoms with Crippen molar-refractivity contribution in [2.75, 3.05) is 6.54 Å². The number of hydrogen-bond acceptors (Lipinski definition) is 3. The predicted octanol–water partition coefficient (Wildman–Crippen LogP) is 1.90. The molecule has 0 amide bonds. The fourth-order valence-corrected chi connectivity index (χ4v) is 1.32. The van der Waals surface area contributed by atoms with Gasteiger partial charge in [0, 0.05) is 12.7 Å². The van der Waals surface area contributed by atoms with E-state index in [4.69, 9.17) is 10.5 Å². The molecule has 0 saturated carbocycles. The fraction of sp³-hybridized carbons (Fsp3) is 0.545. The molecule has 1 aromatic rings. The summed E-state index contributed by atoms with van der Waals surface area (Å²) in [7, 11) is 0. The van der Waals surface area contributed by atoms with E-state index in [-0.39, 0.29) is 6.10 Å². The lowest BCUT2D eigenvalue weighted by Crippen LogP contribution is -2.26. The van der Waals surface area contributed by atoms with Gasteiger partial charge in [-0.3, -0.25) is 4.98 Å². The Morgan fingerprint density at radius 2 is 2.36 bits per heavy atom. The summed E-state index contributed by atoms with van der Waals surface area (Å²) >= 11 is 0. The van der Waals surface area contributed by atoms with Gasteiger partial charge in [0.25, 0.3) is 0 Å². The molecule has 1 unspecified atom stereocenters. The maximum absolute atomic E-state index is 5.75. The molecule has 0 aliphatic rings. The molecule has 0 aliphatic carbocycles. The number of hydrogen-bond donors (Lipinski definition) is 1. The van der Waals surface area contributed by atoms with E-state index >= 15 is 0 Å². The summed E-state index contributed by atoms with van der Waals surface area (Å²) < 4.78 is 5.75. The van der Waals surface area contributed by atoms with Crippen LogP contribution in [0.4, 0.5) is 0 Å². The first-order chi connectivity index (χ1) is 6.77. The van der Waals surface area contributed by atoms with Gasteiger partial charge in [0.15, 0.2) is 0 Å². The Labute approximate surface area is 85.3 Å². The van der Waals surface area contributed by atoms with E-state index in [1.54, 1.807) is 6.20 Å². The van der Waals surface area contributed by atoms with Crippen LogP contribution in [-0.2, 0) is 0 Å². The molecule has 1 atom stereocenters. The highest BCUT2D eigenvalue weighted by atomic mass is 16.5. The molecule has 0 bridgehead atoms. The summed E-state index contributed by atoms with van der Waals surface area (Å²) in [5, 5.41) is 0. The Kier molecular flexibility index (Phi) is 4.40. The van der Waals surface area contributed by atoms with Gasteiger partial charge in [-0.25, -0.2) is 0 Å². The molecule has 1 aromatic heterocycles. The zero-order valence-corrected chi connectivity index (χ0v) is 8.86. The quantitative estimate of drug-likeness (QED) is 0.778. The second-order valence-electron chi connectivity index (χ2n) is 3.35. The summed E-state index contributed by atoms with van der Waals surface area (Å²) in [6.07, 6.45) is 3.95. The summed E-state index contributed by atoms with van der Waals surface area (Å²) in [6, 6.07) is 3.81. The minimum atomic E-state index is 0.114. The highest BCUT2D eigenvalue weighted by molar-refractivity contribution is 5.25. The molecule has 78 valence electrons. The smallest absolute Gasteiger partial charge is 0.140 e. The van der Waals surface area contributed by atoms with Gasteiger partial charge in [-0.1, -0.05) is 13.3 Å². The predicted molar refractivity (Wildman–Crippen MR) is 57.4 cm³/mol.